The van der Waals surface area contributed by atoms with Crippen molar-refractivity contribution in [2.75, 3.05) is 18.5 Å². The number of hydrogen-bond acceptors (Lipinski definition) is 4. The van der Waals surface area contributed by atoms with E-state index in [0.717, 1.165) is 22.4 Å². The number of ether oxygens (including phenoxy) is 1. The maximum absolute atomic E-state index is 12.0. The number of aliphatic hydroxyl groups excluding tert-OH is 1. The van der Waals surface area contributed by atoms with Crippen LogP contribution >= 0.6 is 0 Å². The van der Waals surface area contributed by atoms with Crippen LogP contribution in [-0.2, 0) is 29.3 Å². The average Bonchev–Trinajstić information content (AvgIpc) is 2.63. The van der Waals surface area contributed by atoms with E-state index in [-0.39, 0.29) is 19.1 Å². The lowest BCUT2D eigenvalue weighted by molar-refractivity contribution is -0.119. The van der Waals surface area contributed by atoms with Crippen LogP contribution in [0.3, 0.4) is 0 Å². The molecule has 0 radical (unpaired) electrons. The maximum atomic E-state index is 12.0. The standard InChI is InChI=1S/C19H24N2O3/c1-2-24-14-17-8-4-3-7-16(17)11-21-19(23)12-20-18-9-5-6-15(10-18)13-22/h3-10,20,22H,2,11-14H2,1H3,(H,21,23). The summed E-state index contributed by atoms with van der Waals surface area (Å²) in [6.07, 6.45) is 0. The first kappa shape index (κ1) is 18.0. The molecule has 0 aromatic heterocycles. The van der Waals surface area contributed by atoms with Crippen LogP contribution in [0.4, 0.5) is 5.69 Å². The molecule has 0 aliphatic carbocycles. The number of rotatable bonds is 9. The zero-order valence-electron chi connectivity index (χ0n) is 13.9. The van der Waals surface area contributed by atoms with Crippen LogP contribution in [0.2, 0.25) is 0 Å². The Labute approximate surface area is 142 Å². The summed E-state index contributed by atoms with van der Waals surface area (Å²) in [7, 11) is 0. The summed E-state index contributed by atoms with van der Waals surface area (Å²) in [5.74, 6) is -0.0874. The molecule has 0 saturated heterocycles. The highest BCUT2D eigenvalue weighted by molar-refractivity contribution is 5.80. The van der Waals surface area contributed by atoms with Crippen LogP contribution in [0.1, 0.15) is 23.6 Å². The van der Waals surface area contributed by atoms with Crippen LogP contribution in [0, 0.1) is 0 Å². The molecule has 0 bridgehead atoms. The molecular weight excluding hydrogens is 304 g/mol. The molecule has 1 amide bonds. The second-order valence-corrected chi connectivity index (χ2v) is 5.39. The normalized spacial score (nSPS) is 10.4. The molecule has 5 heteroatoms. The smallest absolute Gasteiger partial charge is 0.239 e. The second-order valence-electron chi connectivity index (χ2n) is 5.39. The van der Waals surface area contributed by atoms with Crippen molar-refractivity contribution >= 4 is 11.6 Å². The number of aliphatic hydroxyl groups is 1. The van der Waals surface area contributed by atoms with E-state index in [2.05, 4.69) is 10.6 Å². The zero-order chi connectivity index (χ0) is 17.2. The first-order valence-corrected chi connectivity index (χ1v) is 8.07. The number of carbonyl (C=O) groups is 1. The lowest BCUT2D eigenvalue weighted by Gasteiger charge is -2.12. The fraction of sp³-hybridized carbons (Fsp3) is 0.316. The van der Waals surface area contributed by atoms with E-state index in [1.54, 1.807) is 0 Å². The molecular formula is C19H24N2O3. The molecule has 0 fully saturated rings. The second kappa shape index (κ2) is 9.70. The first-order chi connectivity index (χ1) is 11.7. The lowest BCUT2D eigenvalue weighted by Crippen LogP contribution is -2.29. The Morgan fingerprint density at radius 3 is 2.67 bits per heavy atom. The van der Waals surface area contributed by atoms with E-state index < -0.39 is 0 Å². The third-order valence-electron chi connectivity index (χ3n) is 3.62. The van der Waals surface area contributed by atoms with Crippen molar-refractivity contribution in [3.63, 3.8) is 0 Å². The topological polar surface area (TPSA) is 70.6 Å². The van der Waals surface area contributed by atoms with Crippen molar-refractivity contribution in [2.45, 2.75) is 26.7 Å². The Kier molecular flexibility index (Phi) is 7.26. The average molecular weight is 328 g/mol. The highest BCUT2D eigenvalue weighted by Crippen LogP contribution is 2.11. The van der Waals surface area contributed by atoms with Crippen molar-refractivity contribution in [1.82, 2.24) is 5.32 Å². The molecule has 2 rings (SSSR count). The molecule has 3 N–H and O–H groups in total. The molecule has 2 aromatic rings. The predicted molar refractivity (Wildman–Crippen MR) is 94.5 cm³/mol. The Morgan fingerprint density at radius 1 is 1.12 bits per heavy atom. The highest BCUT2D eigenvalue weighted by Gasteiger charge is 2.05. The fourth-order valence-electron chi connectivity index (χ4n) is 2.30. The minimum atomic E-state index is -0.0874. The van der Waals surface area contributed by atoms with Gasteiger partial charge in [-0.25, -0.2) is 0 Å². The molecule has 0 aliphatic heterocycles. The summed E-state index contributed by atoms with van der Waals surface area (Å²) in [4.78, 5) is 12.0. The van der Waals surface area contributed by atoms with Crippen LogP contribution in [-0.4, -0.2) is 24.2 Å². The zero-order valence-corrected chi connectivity index (χ0v) is 13.9. The van der Waals surface area contributed by atoms with Gasteiger partial charge in [0.05, 0.1) is 19.8 Å². The Morgan fingerprint density at radius 2 is 1.92 bits per heavy atom. The third kappa shape index (κ3) is 5.68. The fourth-order valence-corrected chi connectivity index (χ4v) is 2.30. The Hall–Kier alpha value is -2.37. The molecule has 128 valence electrons. The Balaban J connectivity index is 1.83. The monoisotopic (exact) mass is 328 g/mol. The third-order valence-corrected chi connectivity index (χ3v) is 3.62. The van der Waals surface area contributed by atoms with Gasteiger partial charge >= 0.3 is 0 Å². The van der Waals surface area contributed by atoms with Gasteiger partial charge in [-0.05, 0) is 35.7 Å². The van der Waals surface area contributed by atoms with Gasteiger partial charge in [-0.3, -0.25) is 4.79 Å². The van der Waals surface area contributed by atoms with Gasteiger partial charge in [0, 0.05) is 18.8 Å². The van der Waals surface area contributed by atoms with E-state index in [1.165, 1.54) is 0 Å². The lowest BCUT2D eigenvalue weighted by atomic mass is 10.1. The quantitative estimate of drug-likeness (QED) is 0.661. The molecule has 0 heterocycles. The summed E-state index contributed by atoms with van der Waals surface area (Å²) in [5.41, 5.74) is 3.77. The van der Waals surface area contributed by atoms with Crippen LogP contribution in [0.5, 0.6) is 0 Å². The van der Waals surface area contributed by atoms with Crippen LogP contribution in [0.15, 0.2) is 48.5 Å². The van der Waals surface area contributed by atoms with Crippen molar-refractivity contribution < 1.29 is 14.6 Å². The molecule has 5 nitrogen and oxygen atoms in total. The van der Waals surface area contributed by atoms with Gasteiger partial charge in [-0.15, -0.1) is 0 Å². The van der Waals surface area contributed by atoms with E-state index in [4.69, 9.17) is 9.84 Å². The van der Waals surface area contributed by atoms with Crippen molar-refractivity contribution in [3.8, 4) is 0 Å². The van der Waals surface area contributed by atoms with E-state index in [9.17, 15) is 4.79 Å². The summed E-state index contributed by atoms with van der Waals surface area (Å²) < 4.78 is 5.45. The largest absolute Gasteiger partial charge is 0.392 e. The summed E-state index contributed by atoms with van der Waals surface area (Å²) in [6.45, 7) is 3.81. The molecule has 2 aromatic carbocycles. The van der Waals surface area contributed by atoms with Gasteiger partial charge in [0.25, 0.3) is 0 Å². The predicted octanol–water partition coefficient (Wildman–Crippen LogP) is 2.44. The SMILES string of the molecule is CCOCc1ccccc1CNC(=O)CNc1cccc(CO)c1. The van der Waals surface area contributed by atoms with Crippen molar-refractivity contribution in [1.29, 1.82) is 0 Å². The molecule has 0 atom stereocenters. The minimum Gasteiger partial charge on any atom is -0.392 e. The molecule has 0 unspecified atom stereocenters. The van der Waals surface area contributed by atoms with Gasteiger partial charge in [-0.2, -0.15) is 0 Å². The number of carbonyl (C=O) groups excluding carboxylic acids is 1. The van der Waals surface area contributed by atoms with E-state index in [0.29, 0.717) is 19.8 Å². The maximum Gasteiger partial charge on any atom is 0.239 e. The summed E-state index contributed by atoms with van der Waals surface area (Å²) >= 11 is 0. The van der Waals surface area contributed by atoms with Gasteiger partial charge in [-0.1, -0.05) is 36.4 Å². The molecule has 0 spiro atoms. The Bertz CT molecular complexity index is 659. The van der Waals surface area contributed by atoms with Gasteiger partial charge < -0.3 is 20.5 Å². The number of nitrogens with one attached hydrogen (secondary N) is 2. The van der Waals surface area contributed by atoms with Crippen LogP contribution in [0.25, 0.3) is 0 Å². The molecule has 0 saturated carbocycles. The van der Waals surface area contributed by atoms with Gasteiger partial charge in [0.2, 0.25) is 5.91 Å². The van der Waals surface area contributed by atoms with E-state index in [1.807, 2.05) is 55.5 Å². The molecule has 0 aliphatic rings. The number of amides is 1. The number of benzene rings is 2. The van der Waals surface area contributed by atoms with Crippen molar-refractivity contribution in [3.05, 3.63) is 65.2 Å². The number of hydrogen-bond donors (Lipinski definition) is 3. The van der Waals surface area contributed by atoms with Crippen molar-refractivity contribution in [2.24, 2.45) is 0 Å². The number of anilines is 1. The summed E-state index contributed by atoms with van der Waals surface area (Å²) in [5, 5.41) is 15.1. The first-order valence-electron chi connectivity index (χ1n) is 8.07. The minimum absolute atomic E-state index is 0.0155. The van der Waals surface area contributed by atoms with Gasteiger partial charge in [0.15, 0.2) is 0 Å². The highest BCUT2D eigenvalue weighted by atomic mass is 16.5. The van der Waals surface area contributed by atoms with Gasteiger partial charge in [0.1, 0.15) is 0 Å². The molecule has 24 heavy (non-hydrogen) atoms. The van der Waals surface area contributed by atoms with E-state index >= 15 is 0 Å². The van der Waals surface area contributed by atoms with Crippen LogP contribution < -0.4 is 10.6 Å². The summed E-state index contributed by atoms with van der Waals surface area (Å²) in [6, 6.07) is 15.3.